The quantitative estimate of drug-likeness (QED) is 0.798. The molecule has 0 atom stereocenters. The maximum Gasteiger partial charge on any atom is 0.177 e. The lowest BCUT2D eigenvalue weighted by molar-refractivity contribution is 0.751. The number of aryl methyl sites for hydroxylation is 1. The molecule has 0 radical (unpaired) electrons. The molecule has 16 heavy (non-hydrogen) atoms. The van der Waals surface area contributed by atoms with Crippen molar-refractivity contribution in [2.24, 2.45) is 0 Å². The van der Waals surface area contributed by atoms with E-state index in [1.165, 1.54) is 12.8 Å². The first-order valence-electron chi connectivity index (χ1n) is 5.17. The van der Waals surface area contributed by atoms with Crippen molar-refractivity contribution in [1.29, 1.82) is 0 Å². The summed E-state index contributed by atoms with van der Waals surface area (Å²) < 4.78 is 1.76. The number of nitrogens with zero attached hydrogens (tertiary/aromatic N) is 5. The third kappa shape index (κ3) is 1.67. The lowest BCUT2D eigenvalue weighted by Crippen LogP contribution is -2.05. The van der Waals surface area contributed by atoms with Crippen molar-refractivity contribution in [3.63, 3.8) is 0 Å². The predicted octanol–water partition coefficient (Wildman–Crippen LogP) is 1.90. The van der Waals surface area contributed by atoms with Crippen LogP contribution in [0.25, 0.3) is 5.82 Å². The minimum Gasteiger partial charge on any atom is -0.216 e. The Kier molecular flexibility index (Phi) is 2.14. The highest BCUT2D eigenvalue weighted by Gasteiger charge is 2.30. The summed E-state index contributed by atoms with van der Waals surface area (Å²) in [5.41, 5.74) is 0. The largest absolute Gasteiger partial charge is 0.216 e. The highest BCUT2D eigenvalue weighted by molar-refractivity contribution is 6.29. The van der Waals surface area contributed by atoms with E-state index >= 15 is 0 Å². The summed E-state index contributed by atoms with van der Waals surface area (Å²) in [6, 6.07) is 3.51. The molecule has 2 heterocycles. The van der Waals surface area contributed by atoms with Crippen LogP contribution >= 0.6 is 11.6 Å². The zero-order valence-electron chi connectivity index (χ0n) is 8.76. The van der Waals surface area contributed by atoms with Crippen LogP contribution in [0.3, 0.4) is 0 Å². The first kappa shape index (κ1) is 9.72. The average molecular weight is 236 g/mol. The van der Waals surface area contributed by atoms with Gasteiger partial charge in [-0.05, 0) is 31.9 Å². The number of hydrogen-bond acceptors (Lipinski definition) is 4. The molecule has 2 aromatic rings. The van der Waals surface area contributed by atoms with Gasteiger partial charge in [-0.25, -0.2) is 4.98 Å². The summed E-state index contributed by atoms with van der Waals surface area (Å²) in [6.45, 7) is 1.88. The van der Waals surface area contributed by atoms with Crippen LogP contribution in [0.4, 0.5) is 0 Å². The van der Waals surface area contributed by atoms with Crippen molar-refractivity contribution in [3.8, 4) is 5.82 Å². The van der Waals surface area contributed by atoms with Crippen molar-refractivity contribution in [3.05, 3.63) is 28.9 Å². The fraction of sp³-hybridized carbons (Fsp3) is 0.400. The van der Waals surface area contributed by atoms with Gasteiger partial charge in [0, 0.05) is 5.92 Å². The molecule has 0 saturated heterocycles. The first-order chi connectivity index (χ1) is 7.74. The zero-order chi connectivity index (χ0) is 11.1. The van der Waals surface area contributed by atoms with E-state index in [0.717, 1.165) is 11.6 Å². The maximum absolute atomic E-state index is 5.70. The number of rotatable bonds is 2. The normalized spacial score (nSPS) is 15.4. The fourth-order valence-electron chi connectivity index (χ4n) is 1.63. The molecule has 0 unspecified atom stereocenters. The summed E-state index contributed by atoms with van der Waals surface area (Å²) in [4.78, 5) is 4.42. The van der Waals surface area contributed by atoms with Crippen LogP contribution in [-0.4, -0.2) is 25.0 Å². The van der Waals surface area contributed by atoms with Gasteiger partial charge in [0.1, 0.15) is 11.6 Å². The highest BCUT2D eigenvalue weighted by atomic mass is 35.5. The van der Waals surface area contributed by atoms with Crippen molar-refractivity contribution in [2.75, 3.05) is 0 Å². The monoisotopic (exact) mass is 235 g/mol. The molecule has 0 aliphatic heterocycles. The standard InChI is InChI=1S/C10H10ClN5/c1-6-12-10(7-2-3-7)16(15-6)9-5-4-8(11)13-14-9/h4-5,7H,2-3H2,1H3. The van der Waals surface area contributed by atoms with Crippen LogP contribution in [0.15, 0.2) is 12.1 Å². The molecule has 0 spiro atoms. The van der Waals surface area contributed by atoms with Crippen LogP contribution in [0.5, 0.6) is 0 Å². The van der Waals surface area contributed by atoms with E-state index in [4.69, 9.17) is 11.6 Å². The van der Waals surface area contributed by atoms with Crippen LogP contribution < -0.4 is 0 Å². The first-order valence-corrected chi connectivity index (χ1v) is 5.55. The third-order valence-electron chi connectivity index (χ3n) is 2.52. The Morgan fingerprint density at radius 3 is 2.75 bits per heavy atom. The van der Waals surface area contributed by atoms with Gasteiger partial charge >= 0.3 is 0 Å². The molecule has 5 nitrogen and oxygen atoms in total. The molecule has 0 N–H and O–H groups in total. The summed E-state index contributed by atoms with van der Waals surface area (Å²) in [7, 11) is 0. The molecule has 0 aromatic carbocycles. The summed E-state index contributed by atoms with van der Waals surface area (Å²) in [5.74, 6) is 2.94. The van der Waals surface area contributed by atoms with E-state index in [-0.39, 0.29) is 0 Å². The Morgan fingerprint density at radius 1 is 1.31 bits per heavy atom. The van der Waals surface area contributed by atoms with Gasteiger partial charge in [-0.3, -0.25) is 0 Å². The van der Waals surface area contributed by atoms with Crippen LogP contribution in [0, 0.1) is 6.92 Å². The molecule has 1 saturated carbocycles. The van der Waals surface area contributed by atoms with E-state index in [2.05, 4.69) is 20.3 Å². The molecule has 1 aliphatic carbocycles. The molecule has 82 valence electrons. The van der Waals surface area contributed by atoms with Gasteiger partial charge in [-0.1, -0.05) is 11.6 Å². The highest BCUT2D eigenvalue weighted by Crippen LogP contribution is 2.39. The second kappa shape index (κ2) is 3.52. The number of halogens is 1. The summed E-state index contributed by atoms with van der Waals surface area (Å²) in [6.07, 6.45) is 2.36. The predicted molar refractivity (Wildman–Crippen MR) is 58.7 cm³/mol. The summed E-state index contributed by atoms with van der Waals surface area (Å²) in [5, 5.41) is 12.5. The fourth-order valence-corrected chi connectivity index (χ4v) is 1.73. The molecule has 0 amide bonds. The van der Waals surface area contributed by atoms with Gasteiger partial charge < -0.3 is 0 Å². The molecule has 2 aromatic heterocycles. The Bertz CT molecular complexity index is 515. The number of aromatic nitrogens is 5. The van der Waals surface area contributed by atoms with Gasteiger partial charge in [-0.2, -0.15) is 4.68 Å². The Balaban J connectivity index is 2.07. The summed E-state index contributed by atoms with van der Waals surface area (Å²) >= 11 is 5.70. The van der Waals surface area contributed by atoms with E-state index in [1.807, 2.05) is 6.92 Å². The van der Waals surface area contributed by atoms with E-state index in [1.54, 1.807) is 16.8 Å². The second-order valence-electron chi connectivity index (χ2n) is 3.92. The minimum absolute atomic E-state index is 0.383. The van der Waals surface area contributed by atoms with Gasteiger partial charge in [0.2, 0.25) is 0 Å². The SMILES string of the molecule is Cc1nc(C2CC2)n(-c2ccc(Cl)nn2)n1. The minimum atomic E-state index is 0.383. The average Bonchev–Trinajstić information content (AvgIpc) is 3.04. The van der Waals surface area contributed by atoms with Crippen LogP contribution in [0.2, 0.25) is 5.15 Å². The third-order valence-corrected chi connectivity index (χ3v) is 2.72. The van der Waals surface area contributed by atoms with Gasteiger partial charge in [-0.15, -0.1) is 15.3 Å². The van der Waals surface area contributed by atoms with Crippen molar-refractivity contribution >= 4 is 11.6 Å². The van der Waals surface area contributed by atoms with Crippen LogP contribution in [0.1, 0.15) is 30.4 Å². The number of hydrogen-bond donors (Lipinski definition) is 0. The zero-order valence-corrected chi connectivity index (χ0v) is 9.52. The van der Waals surface area contributed by atoms with Crippen LogP contribution in [-0.2, 0) is 0 Å². The maximum atomic E-state index is 5.70. The topological polar surface area (TPSA) is 56.5 Å². The Hall–Kier alpha value is -1.49. The molecule has 1 aliphatic rings. The lowest BCUT2D eigenvalue weighted by atomic mass is 10.4. The molecule has 6 heteroatoms. The van der Waals surface area contributed by atoms with Crippen molar-refractivity contribution < 1.29 is 0 Å². The molecular weight excluding hydrogens is 226 g/mol. The molecule has 0 bridgehead atoms. The molecular formula is C10H10ClN5. The molecule has 1 fully saturated rings. The van der Waals surface area contributed by atoms with Crippen molar-refractivity contribution in [1.82, 2.24) is 25.0 Å². The van der Waals surface area contributed by atoms with Gasteiger partial charge in [0.05, 0.1) is 0 Å². The van der Waals surface area contributed by atoms with E-state index < -0.39 is 0 Å². The van der Waals surface area contributed by atoms with Gasteiger partial charge in [0.25, 0.3) is 0 Å². The van der Waals surface area contributed by atoms with E-state index in [0.29, 0.717) is 16.9 Å². The smallest absolute Gasteiger partial charge is 0.177 e. The lowest BCUT2D eigenvalue weighted by Gasteiger charge is -2.02. The van der Waals surface area contributed by atoms with E-state index in [9.17, 15) is 0 Å². The molecule has 3 rings (SSSR count). The second-order valence-corrected chi connectivity index (χ2v) is 4.30. The van der Waals surface area contributed by atoms with Crippen molar-refractivity contribution in [2.45, 2.75) is 25.7 Å². The Labute approximate surface area is 97.5 Å². The Morgan fingerprint density at radius 2 is 2.12 bits per heavy atom. The van der Waals surface area contributed by atoms with Gasteiger partial charge in [0.15, 0.2) is 11.0 Å².